The molecule has 1 saturated heterocycles. The van der Waals surface area contributed by atoms with Gasteiger partial charge in [0.1, 0.15) is 0 Å². The van der Waals surface area contributed by atoms with Crippen LogP contribution in [0.4, 0.5) is 8.78 Å². The summed E-state index contributed by atoms with van der Waals surface area (Å²) in [5, 5.41) is 3.01. The minimum Gasteiger partial charge on any atom is -0.316 e. The van der Waals surface area contributed by atoms with Crippen molar-refractivity contribution in [3.8, 4) is 0 Å². The molecule has 1 unspecified atom stereocenters. The van der Waals surface area contributed by atoms with Crippen LogP contribution in [0.3, 0.4) is 0 Å². The van der Waals surface area contributed by atoms with Crippen molar-refractivity contribution in [3.63, 3.8) is 0 Å². The zero-order valence-corrected chi connectivity index (χ0v) is 10.8. The summed E-state index contributed by atoms with van der Waals surface area (Å²) in [5.41, 5.74) is 0. The fourth-order valence-corrected chi connectivity index (χ4v) is 1.74. The van der Waals surface area contributed by atoms with Gasteiger partial charge in [0.2, 0.25) is 0 Å². The Morgan fingerprint density at radius 2 is 1.87 bits per heavy atom. The summed E-state index contributed by atoms with van der Waals surface area (Å²) in [6.45, 7) is 1.64. The summed E-state index contributed by atoms with van der Waals surface area (Å²) in [6.07, 6.45) is 0.552. The largest absolute Gasteiger partial charge is 0.316 e. The lowest BCUT2D eigenvalue weighted by molar-refractivity contribution is -0.0671. The summed E-state index contributed by atoms with van der Waals surface area (Å²) in [7, 11) is 3.68. The van der Waals surface area contributed by atoms with E-state index in [1.165, 1.54) is 0 Å². The quantitative estimate of drug-likeness (QED) is 0.821. The fourth-order valence-electron chi connectivity index (χ4n) is 1.74. The zero-order valence-electron chi connectivity index (χ0n) is 9.13. The van der Waals surface area contributed by atoms with Crippen molar-refractivity contribution in [2.24, 2.45) is 5.92 Å². The molecular weight excluding hydrogens is 245 g/mol. The Kier molecular flexibility index (Phi) is 9.00. The minimum atomic E-state index is -2.49. The van der Waals surface area contributed by atoms with E-state index in [4.69, 9.17) is 0 Å². The van der Waals surface area contributed by atoms with E-state index < -0.39 is 11.8 Å². The number of rotatable bonds is 2. The maximum atomic E-state index is 13.4. The minimum absolute atomic E-state index is 0. The van der Waals surface area contributed by atoms with E-state index in [9.17, 15) is 8.78 Å². The van der Waals surface area contributed by atoms with Crippen molar-refractivity contribution in [2.75, 3.05) is 33.7 Å². The first-order chi connectivity index (χ1) is 6.02. The molecule has 0 aromatic carbocycles. The van der Waals surface area contributed by atoms with E-state index in [0.717, 1.165) is 0 Å². The van der Waals surface area contributed by atoms with Crippen molar-refractivity contribution in [1.82, 2.24) is 10.2 Å². The van der Waals surface area contributed by atoms with Crippen LogP contribution in [0.25, 0.3) is 0 Å². The molecule has 6 heteroatoms. The lowest BCUT2D eigenvalue weighted by atomic mass is 9.96. The lowest BCUT2D eigenvalue weighted by Gasteiger charge is -2.26. The highest BCUT2D eigenvalue weighted by Gasteiger charge is 2.39. The highest BCUT2D eigenvalue weighted by atomic mass is 35.5. The Bertz CT molecular complexity index is 168. The predicted molar refractivity (Wildman–Crippen MR) is 63.6 cm³/mol. The second kappa shape index (κ2) is 7.60. The highest BCUT2D eigenvalue weighted by molar-refractivity contribution is 5.85. The van der Waals surface area contributed by atoms with Gasteiger partial charge in [0.25, 0.3) is 5.92 Å². The van der Waals surface area contributed by atoms with Gasteiger partial charge in [0.05, 0.1) is 0 Å². The van der Waals surface area contributed by atoms with E-state index in [2.05, 4.69) is 5.32 Å². The van der Waals surface area contributed by atoms with Crippen LogP contribution in [0.1, 0.15) is 12.8 Å². The number of nitrogens with one attached hydrogen (secondary N) is 1. The van der Waals surface area contributed by atoms with E-state index >= 15 is 0 Å². The molecule has 1 aliphatic heterocycles. The molecule has 1 atom stereocenters. The smallest absolute Gasteiger partial charge is 0.253 e. The molecule has 2 nitrogen and oxygen atoms in total. The van der Waals surface area contributed by atoms with Gasteiger partial charge in [0, 0.05) is 25.4 Å². The standard InChI is InChI=1S/C9H18F2N2.2ClH/c1-13(2)7-8-3-5-12-6-4-9(8,10)11;;/h8,12H,3-7H2,1-2H3;2*1H. The summed E-state index contributed by atoms with van der Waals surface area (Å²) < 4.78 is 26.8. The molecule has 0 saturated carbocycles. The van der Waals surface area contributed by atoms with Crippen LogP contribution in [0, 0.1) is 5.92 Å². The second-order valence-electron chi connectivity index (χ2n) is 4.01. The fraction of sp³-hybridized carbons (Fsp3) is 1.00. The maximum Gasteiger partial charge on any atom is 0.253 e. The van der Waals surface area contributed by atoms with Gasteiger partial charge in [-0.3, -0.25) is 0 Å². The molecule has 0 aromatic heterocycles. The van der Waals surface area contributed by atoms with Gasteiger partial charge in [0.15, 0.2) is 0 Å². The number of hydrogen-bond acceptors (Lipinski definition) is 2. The molecule has 15 heavy (non-hydrogen) atoms. The van der Waals surface area contributed by atoms with Crippen LogP contribution in [0.2, 0.25) is 0 Å². The van der Waals surface area contributed by atoms with Gasteiger partial charge in [-0.05, 0) is 27.1 Å². The summed E-state index contributed by atoms with van der Waals surface area (Å²) >= 11 is 0. The molecule has 0 spiro atoms. The summed E-state index contributed by atoms with van der Waals surface area (Å²) in [4.78, 5) is 1.84. The Hall–Kier alpha value is 0.360. The molecule has 1 aliphatic rings. The van der Waals surface area contributed by atoms with Crippen molar-refractivity contribution >= 4 is 24.8 Å². The monoisotopic (exact) mass is 264 g/mol. The Balaban J connectivity index is 0. The zero-order chi connectivity index (χ0) is 9.90. The Morgan fingerprint density at radius 3 is 2.40 bits per heavy atom. The Morgan fingerprint density at radius 1 is 1.27 bits per heavy atom. The van der Waals surface area contributed by atoms with Crippen molar-refractivity contribution in [2.45, 2.75) is 18.8 Å². The normalized spacial score (nSPS) is 25.0. The van der Waals surface area contributed by atoms with E-state index in [0.29, 0.717) is 26.1 Å². The highest BCUT2D eigenvalue weighted by Crippen LogP contribution is 2.32. The second-order valence-corrected chi connectivity index (χ2v) is 4.01. The molecule has 0 aliphatic carbocycles. The van der Waals surface area contributed by atoms with Gasteiger partial charge >= 0.3 is 0 Å². The molecule has 94 valence electrons. The van der Waals surface area contributed by atoms with Crippen LogP contribution >= 0.6 is 24.8 Å². The SMILES string of the molecule is CN(C)CC1CCNCCC1(F)F.Cl.Cl. The van der Waals surface area contributed by atoms with Gasteiger partial charge < -0.3 is 10.2 Å². The van der Waals surface area contributed by atoms with Crippen LogP contribution in [-0.2, 0) is 0 Å². The van der Waals surface area contributed by atoms with Crippen LogP contribution in [0.5, 0.6) is 0 Å². The molecule has 0 bridgehead atoms. The third-order valence-electron chi connectivity index (χ3n) is 2.49. The lowest BCUT2D eigenvalue weighted by Crippen LogP contribution is -2.35. The molecule has 1 rings (SSSR count). The molecule has 1 heterocycles. The van der Waals surface area contributed by atoms with Crippen molar-refractivity contribution < 1.29 is 8.78 Å². The summed E-state index contributed by atoms with van der Waals surface area (Å²) in [6, 6.07) is 0. The van der Waals surface area contributed by atoms with Crippen LogP contribution < -0.4 is 5.32 Å². The first-order valence-corrected chi connectivity index (χ1v) is 4.75. The van der Waals surface area contributed by atoms with Gasteiger partial charge in [-0.15, -0.1) is 24.8 Å². The first-order valence-electron chi connectivity index (χ1n) is 4.75. The third-order valence-corrected chi connectivity index (χ3v) is 2.49. The van der Waals surface area contributed by atoms with Gasteiger partial charge in [-0.2, -0.15) is 0 Å². The predicted octanol–water partition coefficient (Wildman–Crippen LogP) is 2.03. The van der Waals surface area contributed by atoms with E-state index in [1.54, 1.807) is 0 Å². The van der Waals surface area contributed by atoms with Crippen molar-refractivity contribution in [3.05, 3.63) is 0 Å². The topological polar surface area (TPSA) is 15.3 Å². The third kappa shape index (κ3) is 5.85. The molecule has 0 radical (unpaired) electrons. The number of hydrogen-bond donors (Lipinski definition) is 1. The van der Waals surface area contributed by atoms with Gasteiger partial charge in [-0.25, -0.2) is 8.78 Å². The molecule has 1 N–H and O–H groups in total. The molecule has 0 aromatic rings. The number of halogens is 4. The number of nitrogens with zero attached hydrogens (tertiary/aromatic N) is 1. The molecule has 1 fully saturated rings. The average Bonchev–Trinajstić information content (AvgIpc) is 2.13. The van der Waals surface area contributed by atoms with Gasteiger partial charge in [-0.1, -0.05) is 0 Å². The molecular formula is C9H20Cl2F2N2. The average molecular weight is 265 g/mol. The summed E-state index contributed by atoms with van der Waals surface area (Å²) in [5.74, 6) is -2.98. The van der Waals surface area contributed by atoms with E-state index in [1.807, 2.05) is 19.0 Å². The van der Waals surface area contributed by atoms with E-state index in [-0.39, 0.29) is 31.2 Å². The Labute approximate surface area is 103 Å². The first kappa shape index (κ1) is 17.7. The molecule has 0 amide bonds. The van der Waals surface area contributed by atoms with Crippen molar-refractivity contribution in [1.29, 1.82) is 0 Å². The number of alkyl halides is 2. The van der Waals surface area contributed by atoms with Crippen LogP contribution in [0.15, 0.2) is 0 Å². The van der Waals surface area contributed by atoms with Crippen LogP contribution in [-0.4, -0.2) is 44.6 Å². The maximum absolute atomic E-state index is 13.4.